The van der Waals surface area contributed by atoms with Crippen LogP contribution < -0.4 is 10.9 Å². The number of pyridine rings is 1. The Morgan fingerprint density at radius 2 is 2.22 bits per heavy atom. The van der Waals surface area contributed by atoms with Crippen LogP contribution in [-0.4, -0.2) is 28.2 Å². The average Bonchev–Trinajstić information content (AvgIpc) is 3.31. The molecule has 0 aromatic carbocycles. The van der Waals surface area contributed by atoms with Crippen molar-refractivity contribution in [1.29, 1.82) is 0 Å². The van der Waals surface area contributed by atoms with Gasteiger partial charge in [-0.05, 0) is 57.1 Å². The second-order valence-electron chi connectivity index (χ2n) is 7.33. The van der Waals surface area contributed by atoms with Crippen molar-refractivity contribution in [3.63, 3.8) is 0 Å². The van der Waals surface area contributed by atoms with Crippen molar-refractivity contribution in [2.24, 2.45) is 0 Å². The number of ether oxygens (including phenoxy) is 1. The van der Waals surface area contributed by atoms with Gasteiger partial charge in [0.05, 0.1) is 24.9 Å². The number of nitrogens with zero attached hydrogens (tertiary/aromatic N) is 2. The first-order chi connectivity index (χ1) is 13.1. The monoisotopic (exact) mass is 387 g/mol. The van der Waals surface area contributed by atoms with E-state index in [-0.39, 0.29) is 23.1 Å². The average molecular weight is 388 g/mol. The van der Waals surface area contributed by atoms with Crippen LogP contribution in [0.1, 0.15) is 57.2 Å². The zero-order valence-electron chi connectivity index (χ0n) is 15.6. The molecule has 6 nitrogen and oxygen atoms in total. The molecule has 7 heteroatoms. The predicted octanol–water partition coefficient (Wildman–Crippen LogP) is 2.60. The Morgan fingerprint density at radius 1 is 1.37 bits per heavy atom. The molecule has 0 spiro atoms. The van der Waals surface area contributed by atoms with E-state index in [1.54, 1.807) is 29.0 Å². The number of fused-ring (bicyclic) bond motifs is 1. The maximum Gasteiger partial charge on any atom is 0.263 e. The number of amides is 1. The first-order valence-electron chi connectivity index (χ1n) is 9.69. The van der Waals surface area contributed by atoms with Crippen LogP contribution in [0.15, 0.2) is 17.1 Å². The second kappa shape index (κ2) is 7.94. The molecule has 4 rings (SSSR count). The molecule has 0 saturated carbocycles. The molecule has 1 atom stereocenters. The molecular formula is C20H25N3O3S. The Bertz CT molecular complexity index is 873. The number of aromatic nitrogens is 2. The van der Waals surface area contributed by atoms with E-state index in [2.05, 4.69) is 10.3 Å². The molecule has 2 aromatic heterocycles. The van der Waals surface area contributed by atoms with Gasteiger partial charge in [0.1, 0.15) is 10.6 Å². The van der Waals surface area contributed by atoms with Crippen LogP contribution >= 0.6 is 11.3 Å². The van der Waals surface area contributed by atoms with Gasteiger partial charge in [-0.25, -0.2) is 4.98 Å². The molecule has 144 valence electrons. The highest BCUT2D eigenvalue weighted by atomic mass is 32.1. The highest BCUT2D eigenvalue weighted by Crippen LogP contribution is 2.26. The number of thiazole rings is 1. The standard InChI is InChI=1S/C20H25N3O3S/c1-13-8-9-23(12-14-5-4-10-26-14)20(25)18(13)19(24)21-11-17-22-15-6-2-3-7-16(15)27-17/h8-9,14H,2-7,10-12H2,1H3,(H,21,24). The van der Waals surface area contributed by atoms with Gasteiger partial charge in [-0.2, -0.15) is 0 Å². The van der Waals surface area contributed by atoms with Crippen molar-refractivity contribution in [1.82, 2.24) is 14.9 Å². The predicted molar refractivity (Wildman–Crippen MR) is 104 cm³/mol. The number of hydrogen-bond donors (Lipinski definition) is 1. The summed E-state index contributed by atoms with van der Waals surface area (Å²) in [6.07, 6.45) is 8.32. The second-order valence-corrected chi connectivity index (χ2v) is 8.50. The van der Waals surface area contributed by atoms with E-state index in [0.29, 0.717) is 18.7 Å². The lowest BCUT2D eigenvalue weighted by Crippen LogP contribution is -2.35. The number of rotatable bonds is 5. The molecule has 1 fully saturated rings. The molecule has 1 saturated heterocycles. The van der Waals surface area contributed by atoms with Crippen LogP contribution in [0.2, 0.25) is 0 Å². The summed E-state index contributed by atoms with van der Waals surface area (Å²) in [5.74, 6) is -0.327. The topological polar surface area (TPSA) is 73.2 Å². The first-order valence-corrected chi connectivity index (χ1v) is 10.5. The van der Waals surface area contributed by atoms with Crippen molar-refractivity contribution >= 4 is 17.2 Å². The lowest BCUT2D eigenvalue weighted by Gasteiger charge is -2.14. The summed E-state index contributed by atoms with van der Waals surface area (Å²) in [6.45, 7) is 3.42. The van der Waals surface area contributed by atoms with Crippen molar-refractivity contribution in [2.75, 3.05) is 6.61 Å². The molecule has 1 amide bonds. The molecule has 1 unspecified atom stereocenters. The van der Waals surface area contributed by atoms with Crippen LogP contribution in [0.25, 0.3) is 0 Å². The fourth-order valence-corrected chi connectivity index (χ4v) is 4.91. The smallest absolute Gasteiger partial charge is 0.263 e. The zero-order chi connectivity index (χ0) is 18.8. The van der Waals surface area contributed by atoms with E-state index < -0.39 is 0 Å². The number of hydrogen-bond acceptors (Lipinski definition) is 5. The van der Waals surface area contributed by atoms with Crippen molar-refractivity contribution in [3.05, 3.63) is 49.3 Å². The number of nitrogens with one attached hydrogen (secondary N) is 1. The third-order valence-corrected chi connectivity index (χ3v) is 6.47. The fourth-order valence-electron chi connectivity index (χ4n) is 3.82. The van der Waals surface area contributed by atoms with E-state index in [4.69, 9.17) is 4.74 Å². The summed E-state index contributed by atoms with van der Waals surface area (Å²) in [6, 6.07) is 1.83. The van der Waals surface area contributed by atoms with E-state index in [9.17, 15) is 9.59 Å². The summed E-state index contributed by atoms with van der Waals surface area (Å²) >= 11 is 1.68. The fraction of sp³-hybridized carbons (Fsp3) is 0.550. The molecule has 3 heterocycles. The Balaban J connectivity index is 1.47. The molecule has 1 aliphatic heterocycles. The number of carbonyl (C=O) groups excluding carboxylic acids is 1. The zero-order valence-corrected chi connectivity index (χ0v) is 16.4. The Hall–Kier alpha value is -1.99. The quantitative estimate of drug-likeness (QED) is 0.856. The van der Waals surface area contributed by atoms with Gasteiger partial charge in [-0.1, -0.05) is 0 Å². The molecule has 0 radical (unpaired) electrons. The molecule has 2 aromatic rings. The molecule has 1 N–H and O–H groups in total. The maximum atomic E-state index is 12.8. The Labute approximate surface area is 162 Å². The molecular weight excluding hydrogens is 362 g/mol. The number of carbonyl (C=O) groups is 1. The summed E-state index contributed by atoms with van der Waals surface area (Å²) in [5, 5.41) is 3.81. The first kappa shape index (κ1) is 18.4. The van der Waals surface area contributed by atoms with Crippen LogP contribution in [0.4, 0.5) is 0 Å². The van der Waals surface area contributed by atoms with Crippen LogP contribution in [0, 0.1) is 6.92 Å². The SMILES string of the molecule is Cc1ccn(CC2CCCO2)c(=O)c1C(=O)NCc1nc2c(s1)CCCC2. The van der Waals surface area contributed by atoms with Crippen molar-refractivity contribution in [2.45, 2.75) is 64.6 Å². The highest BCUT2D eigenvalue weighted by Gasteiger charge is 2.21. The normalized spacial score (nSPS) is 19.1. The van der Waals surface area contributed by atoms with Gasteiger partial charge in [-0.15, -0.1) is 11.3 Å². The van der Waals surface area contributed by atoms with Crippen LogP contribution in [-0.2, 0) is 30.7 Å². The minimum absolute atomic E-state index is 0.0583. The third kappa shape index (κ3) is 3.99. The van der Waals surface area contributed by atoms with E-state index >= 15 is 0 Å². The lowest BCUT2D eigenvalue weighted by atomic mass is 10.0. The van der Waals surface area contributed by atoms with Crippen LogP contribution in [0.3, 0.4) is 0 Å². The van der Waals surface area contributed by atoms with Crippen molar-refractivity contribution < 1.29 is 9.53 Å². The summed E-state index contributed by atoms with van der Waals surface area (Å²) in [7, 11) is 0. The molecule has 1 aliphatic carbocycles. The molecule has 2 aliphatic rings. The Kier molecular flexibility index (Phi) is 5.41. The van der Waals surface area contributed by atoms with Crippen LogP contribution in [0.5, 0.6) is 0 Å². The van der Waals surface area contributed by atoms with E-state index in [0.717, 1.165) is 37.3 Å². The Morgan fingerprint density at radius 3 is 3.00 bits per heavy atom. The minimum Gasteiger partial charge on any atom is -0.376 e. The van der Waals surface area contributed by atoms with E-state index in [1.807, 2.05) is 6.07 Å². The number of aryl methyl sites for hydroxylation is 3. The van der Waals surface area contributed by atoms with Gasteiger partial charge in [0, 0.05) is 17.7 Å². The van der Waals surface area contributed by atoms with Gasteiger partial charge >= 0.3 is 0 Å². The van der Waals surface area contributed by atoms with Gasteiger partial charge in [-0.3, -0.25) is 9.59 Å². The molecule has 0 bridgehead atoms. The van der Waals surface area contributed by atoms with E-state index in [1.165, 1.54) is 23.4 Å². The van der Waals surface area contributed by atoms with Gasteiger partial charge in [0.15, 0.2) is 0 Å². The van der Waals surface area contributed by atoms with Crippen molar-refractivity contribution in [3.8, 4) is 0 Å². The summed E-state index contributed by atoms with van der Waals surface area (Å²) < 4.78 is 7.22. The van der Waals surface area contributed by atoms with Gasteiger partial charge in [0.2, 0.25) is 0 Å². The maximum absolute atomic E-state index is 12.8. The summed E-state index contributed by atoms with van der Waals surface area (Å²) in [5.41, 5.74) is 1.85. The van der Waals surface area contributed by atoms with Gasteiger partial charge < -0.3 is 14.6 Å². The lowest BCUT2D eigenvalue weighted by molar-refractivity contribution is 0.0928. The minimum atomic E-state index is -0.327. The largest absolute Gasteiger partial charge is 0.376 e. The summed E-state index contributed by atoms with van der Waals surface area (Å²) in [4.78, 5) is 31.5. The molecule has 27 heavy (non-hydrogen) atoms. The third-order valence-electron chi connectivity index (χ3n) is 5.32. The highest BCUT2D eigenvalue weighted by molar-refractivity contribution is 7.11. The van der Waals surface area contributed by atoms with Gasteiger partial charge in [0.25, 0.3) is 11.5 Å².